The molecule has 0 bridgehead atoms. The van der Waals surface area contributed by atoms with Crippen LogP contribution in [-0.2, 0) is 6.54 Å². The van der Waals surface area contributed by atoms with E-state index in [0.717, 1.165) is 24.3 Å². The average molecular weight is 303 g/mol. The minimum atomic E-state index is -0.550. The van der Waals surface area contributed by atoms with Gasteiger partial charge in [-0.3, -0.25) is 4.79 Å². The fourth-order valence-electron chi connectivity index (χ4n) is 2.95. The van der Waals surface area contributed by atoms with Crippen LogP contribution in [0.2, 0.25) is 0 Å². The highest BCUT2D eigenvalue weighted by Gasteiger charge is 2.25. The van der Waals surface area contributed by atoms with E-state index in [1.54, 1.807) is 0 Å². The van der Waals surface area contributed by atoms with Crippen molar-refractivity contribution in [3.05, 3.63) is 35.4 Å². The van der Waals surface area contributed by atoms with Crippen molar-refractivity contribution in [3.8, 4) is 0 Å². The lowest BCUT2D eigenvalue weighted by molar-refractivity contribution is 0.0679. The maximum Gasteiger partial charge on any atom is 0.312 e. The van der Waals surface area contributed by atoms with Crippen LogP contribution in [0.3, 0.4) is 0 Å². The lowest BCUT2D eigenvalue weighted by atomic mass is 9.86. The van der Waals surface area contributed by atoms with E-state index in [2.05, 4.69) is 12.2 Å². The predicted molar refractivity (Wildman–Crippen MR) is 86.4 cm³/mol. The van der Waals surface area contributed by atoms with Gasteiger partial charge < -0.3 is 16.0 Å². The van der Waals surface area contributed by atoms with Crippen molar-refractivity contribution in [3.63, 3.8) is 0 Å². The lowest BCUT2D eigenvalue weighted by Crippen LogP contribution is -2.39. The first-order chi connectivity index (χ1) is 10.5. The summed E-state index contributed by atoms with van der Waals surface area (Å²) < 4.78 is 0. The van der Waals surface area contributed by atoms with E-state index in [9.17, 15) is 9.59 Å². The van der Waals surface area contributed by atoms with Crippen molar-refractivity contribution in [2.75, 3.05) is 7.05 Å². The summed E-state index contributed by atoms with van der Waals surface area (Å²) in [5, 5.41) is 2.53. The third-order valence-corrected chi connectivity index (χ3v) is 4.52. The summed E-state index contributed by atoms with van der Waals surface area (Å²) in [7, 11) is 1.89. The van der Waals surface area contributed by atoms with Crippen LogP contribution in [0.1, 0.15) is 48.5 Å². The molecule has 0 aliphatic heterocycles. The molecule has 0 heterocycles. The van der Waals surface area contributed by atoms with Gasteiger partial charge in [0.25, 0.3) is 5.91 Å². The number of benzene rings is 1. The molecular formula is C17H25N3O2. The highest BCUT2D eigenvalue weighted by atomic mass is 16.2. The third kappa shape index (κ3) is 4.23. The van der Waals surface area contributed by atoms with Crippen LogP contribution in [0, 0.1) is 5.92 Å². The smallest absolute Gasteiger partial charge is 0.312 e. The van der Waals surface area contributed by atoms with E-state index in [-0.39, 0.29) is 5.91 Å². The molecule has 0 saturated heterocycles. The van der Waals surface area contributed by atoms with Gasteiger partial charge in [0, 0.05) is 25.2 Å². The van der Waals surface area contributed by atoms with Gasteiger partial charge in [0.2, 0.25) is 0 Å². The van der Waals surface area contributed by atoms with Gasteiger partial charge in [-0.25, -0.2) is 4.79 Å². The number of hydrogen-bond donors (Lipinski definition) is 2. The number of amides is 3. The van der Waals surface area contributed by atoms with Crippen molar-refractivity contribution < 1.29 is 9.59 Å². The Labute approximate surface area is 131 Å². The Kier molecular flexibility index (Phi) is 5.41. The molecule has 5 nitrogen and oxygen atoms in total. The topological polar surface area (TPSA) is 75.4 Å². The van der Waals surface area contributed by atoms with Crippen LogP contribution in [0.15, 0.2) is 24.3 Å². The zero-order chi connectivity index (χ0) is 16.1. The standard InChI is InChI=1S/C17H25N3O2/c1-12-3-9-15(10-4-12)20(2)16(21)14-7-5-13(6-8-14)11-19-17(18)22/h5-8,12,15H,3-4,9-11H2,1-2H3,(H3,18,19,22). The Morgan fingerprint density at radius 3 is 2.32 bits per heavy atom. The van der Waals surface area contributed by atoms with Crippen molar-refractivity contribution in [2.24, 2.45) is 11.7 Å². The number of urea groups is 1. The van der Waals surface area contributed by atoms with E-state index in [1.807, 2.05) is 36.2 Å². The SMILES string of the molecule is CC1CCC(N(C)C(=O)c2ccc(CNC(N)=O)cc2)CC1. The van der Waals surface area contributed by atoms with E-state index in [4.69, 9.17) is 5.73 Å². The lowest BCUT2D eigenvalue weighted by Gasteiger charge is -2.33. The van der Waals surface area contributed by atoms with Crippen molar-refractivity contribution in [2.45, 2.75) is 45.2 Å². The first-order valence-electron chi connectivity index (χ1n) is 7.86. The number of carbonyl (C=O) groups is 2. The van der Waals surface area contributed by atoms with Gasteiger partial charge in [-0.2, -0.15) is 0 Å². The van der Waals surface area contributed by atoms with Crippen LogP contribution in [-0.4, -0.2) is 29.9 Å². The Balaban J connectivity index is 1.95. The number of nitrogens with zero attached hydrogens (tertiary/aromatic N) is 1. The van der Waals surface area contributed by atoms with Gasteiger partial charge in [-0.1, -0.05) is 19.1 Å². The molecule has 1 aliphatic carbocycles. The first kappa shape index (κ1) is 16.3. The van der Waals surface area contributed by atoms with Gasteiger partial charge in [0.1, 0.15) is 0 Å². The number of hydrogen-bond acceptors (Lipinski definition) is 2. The summed E-state index contributed by atoms with van der Waals surface area (Å²) in [6.45, 7) is 2.65. The highest BCUT2D eigenvalue weighted by Crippen LogP contribution is 2.27. The predicted octanol–water partition coefficient (Wildman–Crippen LogP) is 2.51. The van der Waals surface area contributed by atoms with Crippen LogP contribution in [0.5, 0.6) is 0 Å². The second-order valence-corrected chi connectivity index (χ2v) is 6.24. The maximum atomic E-state index is 12.5. The molecule has 0 unspecified atom stereocenters. The molecule has 0 radical (unpaired) electrons. The molecule has 1 fully saturated rings. The molecule has 0 atom stereocenters. The van der Waals surface area contributed by atoms with Crippen molar-refractivity contribution in [1.82, 2.24) is 10.2 Å². The molecule has 0 aromatic heterocycles. The fraction of sp³-hybridized carbons (Fsp3) is 0.529. The largest absolute Gasteiger partial charge is 0.352 e. The molecule has 0 spiro atoms. The van der Waals surface area contributed by atoms with Crippen LogP contribution >= 0.6 is 0 Å². The minimum Gasteiger partial charge on any atom is -0.352 e. The van der Waals surface area contributed by atoms with Crippen LogP contribution in [0.25, 0.3) is 0 Å². The number of carbonyl (C=O) groups excluding carboxylic acids is 2. The summed E-state index contributed by atoms with van der Waals surface area (Å²) in [6, 6.07) is 7.11. The summed E-state index contributed by atoms with van der Waals surface area (Å²) in [4.78, 5) is 25.1. The quantitative estimate of drug-likeness (QED) is 0.896. The number of primary amides is 1. The number of rotatable bonds is 4. The summed E-state index contributed by atoms with van der Waals surface area (Å²) in [6.07, 6.45) is 4.56. The summed E-state index contributed by atoms with van der Waals surface area (Å²) in [5.41, 5.74) is 6.64. The molecule has 22 heavy (non-hydrogen) atoms. The van der Waals surface area contributed by atoms with E-state index in [0.29, 0.717) is 18.2 Å². The fourth-order valence-corrected chi connectivity index (χ4v) is 2.95. The highest BCUT2D eigenvalue weighted by molar-refractivity contribution is 5.94. The number of nitrogens with two attached hydrogens (primary N) is 1. The average Bonchev–Trinajstić information content (AvgIpc) is 2.53. The Hall–Kier alpha value is -2.04. The number of nitrogens with one attached hydrogen (secondary N) is 1. The van der Waals surface area contributed by atoms with Crippen LogP contribution in [0.4, 0.5) is 4.79 Å². The summed E-state index contributed by atoms with van der Waals surface area (Å²) >= 11 is 0. The molecule has 3 amide bonds. The normalized spacial score (nSPS) is 21.2. The van der Waals surface area contributed by atoms with Crippen molar-refractivity contribution >= 4 is 11.9 Å². The van der Waals surface area contributed by atoms with Gasteiger partial charge in [-0.05, 0) is 49.3 Å². The Morgan fingerprint density at radius 2 is 1.77 bits per heavy atom. The molecule has 120 valence electrons. The van der Waals surface area contributed by atoms with E-state index >= 15 is 0 Å². The van der Waals surface area contributed by atoms with Crippen LogP contribution < -0.4 is 11.1 Å². The minimum absolute atomic E-state index is 0.0639. The van der Waals surface area contributed by atoms with E-state index < -0.39 is 6.03 Å². The second kappa shape index (κ2) is 7.29. The molecular weight excluding hydrogens is 278 g/mol. The van der Waals surface area contributed by atoms with Gasteiger partial charge in [0.05, 0.1) is 0 Å². The zero-order valence-electron chi connectivity index (χ0n) is 13.3. The zero-order valence-corrected chi connectivity index (χ0v) is 13.3. The van der Waals surface area contributed by atoms with Gasteiger partial charge in [-0.15, -0.1) is 0 Å². The Morgan fingerprint density at radius 1 is 1.18 bits per heavy atom. The molecule has 1 aromatic carbocycles. The molecule has 1 aromatic rings. The third-order valence-electron chi connectivity index (χ3n) is 4.52. The monoisotopic (exact) mass is 303 g/mol. The summed E-state index contributed by atoms with van der Waals surface area (Å²) in [5.74, 6) is 0.839. The van der Waals surface area contributed by atoms with Crippen molar-refractivity contribution in [1.29, 1.82) is 0 Å². The van der Waals surface area contributed by atoms with Gasteiger partial charge >= 0.3 is 6.03 Å². The van der Waals surface area contributed by atoms with E-state index in [1.165, 1.54) is 12.8 Å². The van der Waals surface area contributed by atoms with Gasteiger partial charge in [0.15, 0.2) is 0 Å². The molecule has 2 rings (SSSR count). The first-order valence-corrected chi connectivity index (χ1v) is 7.86. The molecule has 1 aliphatic rings. The Bertz CT molecular complexity index is 519. The molecule has 3 N–H and O–H groups in total. The molecule has 5 heteroatoms. The second-order valence-electron chi connectivity index (χ2n) is 6.24. The molecule has 1 saturated carbocycles. The maximum absolute atomic E-state index is 12.5.